The van der Waals surface area contributed by atoms with Gasteiger partial charge in [-0.15, -0.1) is 0 Å². The lowest BCUT2D eigenvalue weighted by Gasteiger charge is -2.26. The maximum atomic E-state index is 12.9. The third kappa shape index (κ3) is 37.1. The predicted octanol–water partition coefficient (Wildman–Crippen LogP) is 10.4. The lowest BCUT2D eigenvalue weighted by Crippen LogP contribution is -2.46. The van der Waals surface area contributed by atoms with Crippen molar-refractivity contribution in [1.29, 1.82) is 0 Å². The molecule has 0 aromatic carbocycles. The van der Waals surface area contributed by atoms with Gasteiger partial charge >= 0.3 is 7.82 Å². The maximum absolute atomic E-state index is 12.9. The SMILES string of the molecule is CC/C=C\C/C=C\C/C=C\C/C=C\C=C\C(O)CCCC(=O)N[C@@H](COP(=O)(O)OCC[N+](C)(C)C)[C@H](O)CCCCCCCCCCCCCCCC. The molecule has 2 unspecified atom stereocenters. The first-order chi connectivity index (χ1) is 25.9. The number of unbranched alkanes of at least 4 members (excludes halogenated alkanes) is 13. The summed E-state index contributed by atoms with van der Waals surface area (Å²) in [5, 5.41) is 24.2. The molecule has 54 heavy (non-hydrogen) atoms. The minimum Gasteiger partial charge on any atom is -0.391 e. The molecule has 0 aliphatic heterocycles. The van der Waals surface area contributed by atoms with Crippen LogP contribution >= 0.6 is 7.82 Å². The molecule has 1 amide bonds. The third-order valence-corrected chi connectivity index (χ3v) is 10.1. The fourth-order valence-electron chi connectivity index (χ4n) is 5.72. The van der Waals surface area contributed by atoms with Gasteiger partial charge in [-0.1, -0.05) is 164 Å². The number of aliphatic hydroxyl groups is 2. The molecule has 0 rings (SSSR count). The van der Waals surface area contributed by atoms with E-state index < -0.39 is 26.1 Å². The number of nitrogens with zero attached hydrogens (tertiary/aromatic N) is 1. The lowest BCUT2D eigenvalue weighted by atomic mass is 10.0. The maximum Gasteiger partial charge on any atom is 0.472 e. The zero-order chi connectivity index (χ0) is 40.2. The first-order valence-corrected chi connectivity index (χ1v) is 22.8. The highest BCUT2D eigenvalue weighted by molar-refractivity contribution is 7.47. The van der Waals surface area contributed by atoms with Crippen LogP contribution in [0.15, 0.2) is 60.8 Å². The largest absolute Gasteiger partial charge is 0.472 e. The first-order valence-electron chi connectivity index (χ1n) is 21.3. The second kappa shape index (κ2) is 35.6. The number of amides is 1. The van der Waals surface area contributed by atoms with E-state index in [1.54, 1.807) is 6.08 Å². The normalized spacial score (nSPS) is 15.6. The van der Waals surface area contributed by atoms with Gasteiger partial charge in [0, 0.05) is 6.42 Å². The van der Waals surface area contributed by atoms with E-state index in [1.807, 2.05) is 39.4 Å². The Balaban J connectivity index is 4.64. The van der Waals surface area contributed by atoms with Crippen LogP contribution in [-0.4, -0.2) is 84.6 Å². The Labute approximate surface area is 331 Å². The van der Waals surface area contributed by atoms with Gasteiger partial charge in [-0.3, -0.25) is 13.8 Å². The van der Waals surface area contributed by atoms with Gasteiger partial charge in [0.2, 0.25) is 5.91 Å². The van der Waals surface area contributed by atoms with Gasteiger partial charge < -0.3 is 24.9 Å². The van der Waals surface area contributed by atoms with E-state index in [0.717, 1.165) is 44.9 Å². The number of likely N-dealkylation sites (N-methyl/N-ethyl adjacent to an activating group) is 1. The van der Waals surface area contributed by atoms with Crippen LogP contribution in [0.2, 0.25) is 0 Å². The number of quaternary nitrogens is 1. The highest BCUT2D eigenvalue weighted by Gasteiger charge is 2.28. The number of hydrogen-bond acceptors (Lipinski definition) is 6. The van der Waals surface area contributed by atoms with Crippen LogP contribution in [0.4, 0.5) is 0 Å². The van der Waals surface area contributed by atoms with Gasteiger partial charge in [-0.25, -0.2) is 4.57 Å². The molecular formula is C44H82N2O7P+. The number of phosphoric ester groups is 1. The summed E-state index contributed by atoms with van der Waals surface area (Å²) in [4.78, 5) is 23.1. The quantitative estimate of drug-likeness (QED) is 0.0163. The second-order valence-electron chi connectivity index (χ2n) is 15.5. The van der Waals surface area contributed by atoms with Crippen LogP contribution in [0.25, 0.3) is 0 Å². The Morgan fingerprint density at radius 1 is 0.685 bits per heavy atom. The predicted molar refractivity (Wildman–Crippen MR) is 227 cm³/mol. The summed E-state index contributed by atoms with van der Waals surface area (Å²) in [5.41, 5.74) is 0. The molecule has 4 atom stereocenters. The van der Waals surface area contributed by atoms with Crippen molar-refractivity contribution >= 4 is 13.7 Å². The summed E-state index contributed by atoms with van der Waals surface area (Å²) in [5.74, 6) is -0.308. The standard InChI is InChI=1S/C44H81N2O7P/c1-6-8-10-12-14-16-18-20-22-24-26-28-30-32-36-43(48)42(40-53-54(50,51)52-39-38-46(3,4)5)45-44(49)37-33-35-41(47)34-31-29-27-25-23-21-19-17-15-13-11-9-7-2/h9,11,15,17,21,23,27,29,31,34,41-43,47-48H,6-8,10,12-14,16,18-20,22,24-26,28,30,32-33,35-40H2,1-5H3,(H-,45,49,50,51)/p+1/b11-9-,17-15-,23-21-,29-27-,34-31+/t41?,42-,43+/m0/s1. The Bertz CT molecular complexity index is 1080. The van der Waals surface area contributed by atoms with Gasteiger partial charge in [-0.2, -0.15) is 0 Å². The molecule has 4 N–H and O–H groups in total. The number of carbonyl (C=O) groups excluding carboxylic acids is 1. The number of rotatable bonds is 37. The van der Waals surface area contributed by atoms with Gasteiger partial charge in [0.25, 0.3) is 0 Å². The van der Waals surface area contributed by atoms with E-state index in [1.165, 1.54) is 70.6 Å². The molecule has 0 aliphatic rings. The summed E-state index contributed by atoms with van der Waals surface area (Å²) in [6.45, 7) is 4.59. The fraction of sp³-hybridized carbons (Fsp3) is 0.750. The molecule has 314 valence electrons. The molecule has 0 bridgehead atoms. The second-order valence-corrected chi connectivity index (χ2v) is 17.0. The van der Waals surface area contributed by atoms with Gasteiger partial charge in [-0.05, 0) is 44.9 Å². The van der Waals surface area contributed by atoms with Crippen LogP contribution in [0.5, 0.6) is 0 Å². The van der Waals surface area contributed by atoms with Crippen molar-refractivity contribution < 1.29 is 38.0 Å². The highest BCUT2D eigenvalue weighted by Crippen LogP contribution is 2.43. The van der Waals surface area contributed by atoms with E-state index >= 15 is 0 Å². The highest BCUT2D eigenvalue weighted by atomic mass is 31.2. The molecule has 0 spiro atoms. The van der Waals surface area contributed by atoms with Crippen LogP contribution < -0.4 is 5.32 Å². The van der Waals surface area contributed by atoms with E-state index in [0.29, 0.717) is 30.3 Å². The van der Waals surface area contributed by atoms with Gasteiger partial charge in [0.1, 0.15) is 13.2 Å². The van der Waals surface area contributed by atoms with Crippen molar-refractivity contribution in [2.24, 2.45) is 0 Å². The van der Waals surface area contributed by atoms with Crippen LogP contribution in [0.1, 0.15) is 155 Å². The number of carbonyl (C=O) groups is 1. The molecule has 0 aromatic heterocycles. The van der Waals surface area contributed by atoms with E-state index in [-0.39, 0.29) is 25.5 Å². The van der Waals surface area contributed by atoms with E-state index in [9.17, 15) is 24.5 Å². The average molecular weight is 782 g/mol. The molecule has 0 heterocycles. The van der Waals surface area contributed by atoms with Crippen molar-refractivity contribution in [3.63, 3.8) is 0 Å². The van der Waals surface area contributed by atoms with Crippen LogP contribution in [-0.2, 0) is 18.4 Å². The monoisotopic (exact) mass is 782 g/mol. The zero-order valence-corrected chi connectivity index (χ0v) is 35.9. The Hall–Kier alpha value is -1.84. The summed E-state index contributed by atoms with van der Waals surface area (Å²) >= 11 is 0. The topological polar surface area (TPSA) is 125 Å². The summed E-state index contributed by atoms with van der Waals surface area (Å²) in [6, 6.07) is -0.857. The lowest BCUT2D eigenvalue weighted by molar-refractivity contribution is -0.870. The number of allylic oxidation sites excluding steroid dienone is 9. The molecule has 0 saturated heterocycles. The van der Waals surface area contributed by atoms with Crippen LogP contribution in [0.3, 0.4) is 0 Å². The molecule has 0 saturated carbocycles. The molecular weight excluding hydrogens is 699 g/mol. The van der Waals surface area contributed by atoms with Crippen molar-refractivity contribution in [3.8, 4) is 0 Å². The smallest absolute Gasteiger partial charge is 0.391 e. The Kier molecular flexibility index (Phi) is 34.4. The summed E-state index contributed by atoms with van der Waals surface area (Å²) < 4.78 is 23.5. The molecule has 0 aliphatic carbocycles. The average Bonchev–Trinajstić information content (AvgIpc) is 3.11. The number of aliphatic hydroxyl groups excluding tert-OH is 2. The molecule has 9 nitrogen and oxygen atoms in total. The first kappa shape index (κ1) is 52.2. The van der Waals surface area contributed by atoms with Crippen molar-refractivity contribution in [1.82, 2.24) is 5.32 Å². The summed E-state index contributed by atoms with van der Waals surface area (Å²) in [6.07, 6.45) is 41.3. The summed E-state index contributed by atoms with van der Waals surface area (Å²) in [7, 11) is 1.49. The van der Waals surface area contributed by atoms with Crippen molar-refractivity contribution in [2.45, 2.75) is 173 Å². The fourth-order valence-corrected chi connectivity index (χ4v) is 6.46. The minimum absolute atomic E-state index is 0.0367. The molecule has 0 fully saturated rings. The molecule has 0 radical (unpaired) electrons. The van der Waals surface area contributed by atoms with Crippen LogP contribution in [0, 0.1) is 0 Å². The Morgan fingerprint density at radius 3 is 1.74 bits per heavy atom. The number of phosphoric acid groups is 1. The van der Waals surface area contributed by atoms with Crippen molar-refractivity contribution in [3.05, 3.63) is 60.8 Å². The minimum atomic E-state index is -4.37. The molecule has 0 aromatic rings. The van der Waals surface area contributed by atoms with E-state index in [2.05, 4.69) is 55.6 Å². The van der Waals surface area contributed by atoms with Crippen molar-refractivity contribution in [2.75, 3.05) is 40.9 Å². The van der Waals surface area contributed by atoms with E-state index in [4.69, 9.17) is 9.05 Å². The number of nitrogens with one attached hydrogen (secondary N) is 1. The zero-order valence-electron chi connectivity index (χ0n) is 35.1. The third-order valence-electron chi connectivity index (χ3n) is 9.13. The Morgan fingerprint density at radius 2 is 1.20 bits per heavy atom. The van der Waals surface area contributed by atoms with Gasteiger partial charge in [0.05, 0.1) is 46.0 Å². The number of hydrogen-bond donors (Lipinski definition) is 4. The molecule has 10 heteroatoms. The van der Waals surface area contributed by atoms with Gasteiger partial charge in [0.15, 0.2) is 0 Å².